The van der Waals surface area contributed by atoms with Gasteiger partial charge in [-0.1, -0.05) is 110 Å². The summed E-state index contributed by atoms with van der Waals surface area (Å²) in [7, 11) is 0. The second-order valence-corrected chi connectivity index (χ2v) is 13.7. The molecule has 2 fully saturated rings. The normalized spacial score (nSPS) is 23.7. The summed E-state index contributed by atoms with van der Waals surface area (Å²) in [5.41, 5.74) is 9.51. The van der Waals surface area contributed by atoms with Crippen molar-refractivity contribution in [3.8, 4) is 0 Å². The molecule has 4 N–H and O–H groups in total. The van der Waals surface area contributed by atoms with Gasteiger partial charge in [-0.15, -0.1) is 0 Å². The monoisotopic (exact) mass is 584 g/mol. The number of nitrogens with one attached hydrogen (secondary N) is 3. The smallest absolute Gasteiger partial charge is 0.0964 e. The van der Waals surface area contributed by atoms with Gasteiger partial charge in [0.15, 0.2) is 0 Å². The van der Waals surface area contributed by atoms with Crippen LogP contribution in [0.5, 0.6) is 0 Å². The number of allylic oxidation sites excluding steroid dienone is 4. The first-order valence-corrected chi connectivity index (χ1v) is 17.2. The molecule has 0 heterocycles. The lowest BCUT2D eigenvalue weighted by atomic mass is 9.91. The zero-order valence-corrected chi connectivity index (χ0v) is 27.5. The molecule has 3 rings (SSSR count). The van der Waals surface area contributed by atoms with Crippen molar-refractivity contribution in [3.63, 3.8) is 0 Å². The van der Waals surface area contributed by atoms with Crippen LogP contribution in [0.25, 0.3) is 0 Å². The number of nitrogens with zero attached hydrogens (tertiary/aromatic N) is 1. The molecule has 3 aliphatic rings. The Morgan fingerprint density at radius 1 is 1.17 bits per heavy atom. The molecule has 0 aliphatic heterocycles. The fourth-order valence-corrected chi connectivity index (χ4v) is 6.37. The number of aliphatic hydroxyl groups is 1. The largest absolute Gasteiger partial charge is 0.512 e. The molecule has 41 heavy (non-hydrogen) atoms. The summed E-state index contributed by atoms with van der Waals surface area (Å²) in [6.07, 6.45) is 24.7. The minimum atomic E-state index is 0.124. The fraction of sp³-hybridized carbons (Fsp3) is 0.686. The maximum absolute atomic E-state index is 10.1. The van der Waals surface area contributed by atoms with E-state index in [1.54, 1.807) is 12.3 Å². The van der Waals surface area contributed by atoms with Gasteiger partial charge < -0.3 is 10.4 Å². The van der Waals surface area contributed by atoms with Gasteiger partial charge in [0.2, 0.25) is 0 Å². The Morgan fingerprint density at radius 3 is 2.49 bits per heavy atom. The zero-order valence-electron chi connectivity index (χ0n) is 26.7. The highest BCUT2D eigenvalue weighted by Crippen LogP contribution is 2.34. The van der Waals surface area contributed by atoms with E-state index in [9.17, 15) is 5.11 Å². The van der Waals surface area contributed by atoms with Crippen molar-refractivity contribution in [1.29, 1.82) is 0 Å². The predicted molar refractivity (Wildman–Crippen MR) is 182 cm³/mol. The Balaban J connectivity index is 0.000000729. The maximum Gasteiger partial charge on any atom is 0.0964 e. The van der Waals surface area contributed by atoms with Crippen molar-refractivity contribution in [2.45, 2.75) is 116 Å². The summed E-state index contributed by atoms with van der Waals surface area (Å²) in [6.45, 7) is 20.0. The van der Waals surface area contributed by atoms with Gasteiger partial charge in [0, 0.05) is 47.6 Å². The van der Waals surface area contributed by atoms with Crippen molar-refractivity contribution in [2.75, 3.05) is 12.3 Å². The van der Waals surface area contributed by atoms with Crippen LogP contribution in [-0.2, 0) is 0 Å². The molecule has 2 saturated carbocycles. The average molecular weight is 585 g/mol. The van der Waals surface area contributed by atoms with Crippen LogP contribution >= 0.6 is 11.8 Å². The number of hydrazine groups is 1. The summed E-state index contributed by atoms with van der Waals surface area (Å²) in [6, 6.07) is 0.394. The number of aliphatic imine (C=N–C) groups is 1. The third-order valence-corrected chi connectivity index (χ3v) is 10.2. The quantitative estimate of drug-likeness (QED) is 0.102. The van der Waals surface area contributed by atoms with E-state index in [-0.39, 0.29) is 23.3 Å². The second-order valence-electron chi connectivity index (χ2n) is 12.5. The lowest BCUT2D eigenvalue weighted by Gasteiger charge is -2.29. The lowest BCUT2D eigenvalue weighted by molar-refractivity contribution is 0.341. The first-order valence-electron chi connectivity index (χ1n) is 16.2. The van der Waals surface area contributed by atoms with Crippen LogP contribution in [-0.4, -0.2) is 41.0 Å². The first-order chi connectivity index (χ1) is 19.8. The molecule has 0 aromatic carbocycles. The topological polar surface area (TPSA) is 68.7 Å². The van der Waals surface area contributed by atoms with Crippen molar-refractivity contribution in [3.05, 3.63) is 60.7 Å². The first kappa shape index (κ1) is 35.4. The lowest BCUT2D eigenvalue weighted by Crippen LogP contribution is -2.50. The van der Waals surface area contributed by atoms with Crippen LogP contribution in [0.2, 0.25) is 0 Å². The van der Waals surface area contributed by atoms with Gasteiger partial charge in [0.1, 0.15) is 0 Å². The summed E-state index contributed by atoms with van der Waals surface area (Å²) < 4.78 is 0. The third kappa shape index (κ3) is 14.8. The summed E-state index contributed by atoms with van der Waals surface area (Å²) in [5.74, 6) is 3.95. The van der Waals surface area contributed by atoms with Crippen LogP contribution < -0.4 is 16.2 Å². The Bertz CT molecular complexity index is 885. The predicted octanol–water partition coefficient (Wildman–Crippen LogP) is 8.65. The summed E-state index contributed by atoms with van der Waals surface area (Å²) in [5, 5.41) is 14.0. The van der Waals surface area contributed by atoms with Crippen LogP contribution in [0.3, 0.4) is 0 Å². The molecule has 0 radical (unpaired) electrons. The highest BCUT2D eigenvalue weighted by atomic mass is 32.2. The number of hydrogen-bond acceptors (Lipinski definition) is 6. The molecular weight excluding hydrogens is 524 g/mol. The molecule has 0 bridgehead atoms. The highest BCUT2D eigenvalue weighted by Gasteiger charge is 2.28. The Hall–Kier alpha value is -1.76. The minimum absolute atomic E-state index is 0.124. The number of hydrogen-bond donors (Lipinski definition) is 4. The maximum atomic E-state index is 10.1. The Labute approximate surface area is 256 Å². The molecule has 3 aliphatic carbocycles. The molecule has 232 valence electrons. The summed E-state index contributed by atoms with van der Waals surface area (Å²) >= 11 is 1.88. The molecule has 0 aromatic rings. The van der Waals surface area contributed by atoms with Crippen molar-refractivity contribution in [2.24, 2.45) is 28.7 Å². The van der Waals surface area contributed by atoms with Crippen LogP contribution in [0.15, 0.2) is 65.7 Å². The summed E-state index contributed by atoms with van der Waals surface area (Å²) in [4.78, 5) is 4.23. The Morgan fingerprint density at radius 2 is 1.90 bits per heavy atom. The van der Waals surface area contributed by atoms with Crippen LogP contribution in [0.4, 0.5) is 0 Å². The van der Waals surface area contributed by atoms with E-state index in [0.717, 1.165) is 49.1 Å². The molecule has 4 unspecified atom stereocenters. The molecule has 0 saturated heterocycles. The van der Waals surface area contributed by atoms with Crippen molar-refractivity contribution >= 4 is 18.0 Å². The van der Waals surface area contributed by atoms with E-state index in [1.165, 1.54) is 50.5 Å². The SMILES string of the molecule is C=CN=C/C(=C\C)C[C@H](CSC1C=CC=C(O)C1C)NNC(CC1CC1)C(=C)NCC(C)CC.CC1CCCCC1. The average Bonchev–Trinajstić information content (AvgIpc) is 3.81. The van der Waals surface area contributed by atoms with Crippen LogP contribution in [0, 0.1) is 23.7 Å². The molecule has 5 atom stereocenters. The van der Waals surface area contributed by atoms with Crippen molar-refractivity contribution in [1.82, 2.24) is 16.2 Å². The minimum Gasteiger partial charge on any atom is -0.512 e. The zero-order chi connectivity index (χ0) is 30.0. The van der Waals surface area contributed by atoms with Gasteiger partial charge in [0.05, 0.1) is 11.8 Å². The number of thioether (sulfide) groups is 1. The van der Waals surface area contributed by atoms with E-state index in [4.69, 9.17) is 0 Å². The van der Waals surface area contributed by atoms with Gasteiger partial charge in [-0.3, -0.25) is 10.4 Å². The molecule has 0 amide bonds. The van der Waals surface area contributed by atoms with E-state index in [1.807, 2.05) is 31.0 Å². The number of aliphatic hydroxyl groups excluding tert-OH is 1. The van der Waals surface area contributed by atoms with Gasteiger partial charge in [-0.25, -0.2) is 5.43 Å². The molecule has 0 spiro atoms. The Kier molecular flexibility index (Phi) is 17.5. The van der Waals surface area contributed by atoms with Gasteiger partial charge in [-0.05, 0) is 49.2 Å². The highest BCUT2D eigenvalue weighted by molar-refractivity contribution is 8.00. The second kappa shape index (κ2) is 20.2. The van der Waals surface area contributed by atoms with Crippen molar-refractivity contribution < 1.29 is 5.11 Å². The fourth-order valence-electron chi connectivity index (χ4n) is 5.08. The van der Waals surface area contributed by atoms with E-state index in [0.29, 0.717) is 11.7 Å². The van der Waals surface area contributed by atoms with E-state index in [2.05, 4.69) is 74.2 Å². The van der Waals surface area contributed by atoms with E-state index >= 15 is 0 Å². The molecule has 6 heteroatoms. The van der Waals surface area contributed by atoms with Gasteiger partial charge in [0.25, 0.3) is 0 Å². The standard InChI is InChI=1S/C28H46N4OS.C7H14/c1-7-20(4)17-30-22(6)26(16-24-13-14-24)32-31-25(15-23(8-2)18-29-9-3)19-34-28-12-10-11-27(33)21(28)5;1-7-5-3-2-4-6-7/h8-12,18,20-21,24-26,28,30-33H,3,6-7,13-17,19H2,1-2,4-5H3;7H,2-6H2,1H3/b23-8-,29-18?;/t20?,21?,25-,26?,28?;/m1./s1. The molecule has 0 aromatic heterocycles. The third-order valence-electron chi connectivity index (χ3n) is 8.63. The molecule has 5 nitrogen and oxygen atoms in total. The van der Waals surface area contributed by atoms with Gasteiger partial charge in [-0.2, -0.15) is 11.8 Å². The molecular formula is C35H60N4OS. The van der Waals surface area contributed by atoms with Gasteiger partial charge >= 0.3 is 0 Å². The van der Waals surface area contributed by atoms with Crippen LogP contribution in [0.1, 0.15) is 98.8 Å². The number of rotatable bonds is 17. The van der Waals surface area contributed by atoms with E-state index < -0.39 is 0 Å².